The SMILES string of the molecule is C=C(N)N=c1cc(-c2cnc(C)c(C(=C)NCCC(C)c3ccc(F)cc3)c2)ccn1C. The molecule has 2 aromatic heterocycles. The number of aromatic nitrogens is 2. The van der Waals surface area contributed by atoms with Crippen LogP contribution in [0.3, 0.4) is 0 Å². The highest BCUT2D eigenvalue weighted by Gasteiger charge is 2.10. The van der Waals surface area contributed by atoms with Gasteiger partial charge in [-0.05, 0) is 60.7 Å². The van der Waals surface area contributed by atoms with Crippen molar-refractivity contribution in [3.05, 3.63) is 102 Å². The van der Waals surface area contributed by atoms with Gasteiger partial charge in [-0.15, -0.1) is 0 Å². The molecule has 6 heteroatoms. The fraction of sp³-hybridized carbons (Fsp3) is 0.231. The Bertz CT molecular complexity index is 1190. The Morgan fingerprint density at radius 2 is 1.91 bits per heavy atom. The van der Waals surface area contributed by atoms with Crippen LogP contribution in [0.1, 0.15) is 36.1 Å². The maximum absolute atomic E-state index is 13.1. The molecule has 0 amide bonds. The average molecular weight is 432 g/mol. The van der Waals surface area contributed by atoms with Crippen molar-refractivity contribution in [2.75, 3.05) is 6.54 Å². The smallest absolute Gasteiger partial charge is 0.135 e. The Labute approximate surface area is 188 Å². The molecule has 0 fully saturated rings. The fourth-order valence-corrected chi connectivity index (χ4v) is 3.48. The number of rotatable bonds is 8. The second-order valence-corrected chi connectivity index (χ2v) is 7.99. The van der Waals surface area contributed by atoms with E-state index in [1.54, 1.807) is 0 Å². The molecule has 1 atom stereocenters. The van der Waals surface area contributed by atoms with Crippen LogP contribution in [-0.2, 0) is 7.05 Å². The van der Waals surface area contributed by atoms with E-state index in [4.69, 9.17) is 5.73 Å². The lowest BCUT2D eigenvalue weighted by molar-refractivity contribution is 0.621. The van der Waals surface area contributed by atoms with Gasteiger partial charge in [0.05, 0.1) is 0 Å². The van der Waals surface area contributed by atoms with Gasteiger partial charge in [0.2, 0.25) is 0 Å². The van der Waals surface area contributed by atoms with Crippen molar-refractivity contribution in [3.63, 3.8) is 0 Å². The predicted molar refractivity (Wildman–Crippen MR) is 129 cm³/mol. The van der Waals surface area contributed by atoms with E-state index in [1.807, 2.05) is 55.2 Å². The molecular weight excluding hydrogens is 401 g/mol. The van der Waals surface area contributed by atoms with Crippen LogP contribution in [0.4, 0.5) is 4.39 Å². The van der Waals surface area contributed by atoms with E-state index in [0.717, 1.165) is 46.6 Å². The molecule has 166 valence electrons. The molecule has 0 saturated heterocycles. The molecule has 0 aliphatic heterocycles. The Kier molecular flexibility index (Phi) is 7.25. The van der Waals surface area contributed by atoms with E-state index in [2.05, 4.69) is 41.4 Å². The van der Waals surface area contributed by atoms with Crippen molar-refractivity contribution in [3.8, 4) is 11.1 Å². The van der Waals surface area contributed by atoms with Gasteiger partial charge in [0, 0.05) is 48.5 Å². The summed E-state index contributed by atoms with van der Waals surface area (Å²) in [5, 5.41) is 3.42. The second-order valence-electron chi connectivity index (χ2n) is 7.99. The normalized spacial score (nSPS) is 12.4. The van der Waals surface area contributed by atoms with Crippen LogP contribution >= 0.6 is 0 Å². The number of pyridine rings is 2. The Morgan fingerprint density at radius 3 is 2.59 bits per heavy atom. The van der Waals surface area contributed by atoms with Crippen LogP contribution in [0, 0.1) is 12.7 Å². The van der Waals surface area contributed by atoms with Crippen LogP contribution in [0.5, 0.6) is 0 Å². The van der Waals surface area contributed by atoms with Gasteiger partial charge in [0.1, 0.15) is 17.1 Å². The molecule has 1 aromatic carbocycles. The van der Waals surface area contributed by atoms with E-state index < -0.39 is 0 Å². The average Bonchev–Trinajstić information content (AvgIpc) is 2.75. The van der Waals surface area contributed by atoms with Crippen molar-refractivity contribution < 1.29 is 4.39 Å². The molecule has 1 unspecified atom stereocenters. The first kappa shape index (κ1) is 23.0. The summed E-state index contributed by atoms with van der Waals surface area (Å²) < 4.78 is 15.0. The molecular formula is C26H30FN5. The first-order valence-electron chi connectivity index (χ1n) is 10.6. The Balaban J connectivity index is 1.73. The first-order chi connectivity index (χ1) is 15.2. The van der Waals surface area contributed by atoms with E-state index >= 15 is 0 Å². The molecule has 0 aliphatic rings. The van der Waals surface area contributed by atoms with E-state index in [1.165, 1.54) is 12.1 Å². The Morgan fingerprint density at radius 1 is 1.19 bits per heavy atom. The van der Waals surface area contributed by atoms with E-state index in [-0.39, 0.29) is 11.6 Å². The summed E-state index contributed by atoms with van der Waals surface area (Å²) in [5.74, 6) is 0.357. The van der Waals surface area contributed by atoms with Gasteiger partial charge in [-0.1, -0.05) is 32.2 Å². The monoisotopic (exact) mass is 431 g/mol. The molecule has 0 saturated carbocycles. The maximum Gasteiger partial charge on any atom is 0.135 e. The second kappa shape index (κ2) is 10.1. The largest absolute Gasteiger partial charge is 0.385 e. The molecule has 32 heavy (non-hydrogen) atoms. The number of nitrogens with two attached hydrogens (primary N) is 1. The van der Waals surface area contributed by atoms with Gasteiger partial charge >= 0.3 is 0 Å². The fourth-order valence-electron chi connectivity index (χ4n) is 3.48. The first-order valence-corrected chi connectivity index (χ1v) is 10.6. The minimum atomic E-state index is -0.212. The van der Waals surface area contributed by atoms with Gasteiger partial charge in [-0.3, -0.25) is 4.98 Å². The third-order valence-electron chi connectivity index (χ3n) is 5.48. The zero-order valence-electron chi connectivity index (χ0n) is 18.9. The van der Waals surface area contributed by atoms with Gasteiger partial charge < -0.3 is 15.6 Å². The summed E-state index contributed by atoms with van der Waals surface area (Å²) in [5.41, 5.74) is 12.1. The summed E-state index contributed by atoms with van der Waals surface area (Å²) >= 11 is 0. The molecule has 0 radical (unpaired) electrons. The highest BCUT2D eigenvalue weighted by atomic mass is 19.1. The molecule has 3 rings (SSSR count). The highest BCUT2D eigenvalue weighted by Crippen LogP contribution is 2.23. The quantitative estimate of drug-likeness (QED) is 0.547. The summed E-state index contributed by atoms with van der Waals surface area (Å²) in [4.78, 5) is 8.85. The molecule has 0 bridgehead atoms. The van der Waals surface area contributed by atoms with E-state index in [9.17, 15) is 4.39 Å². The topological polar surface area (TPSA) is 68.2 Å². The lowest BCUT2D eigenvalue weighted by Gasteiger charge is -2.16. The third kappa shape index (κ3) is 5.72. The predicted octanol–water partition coefficient (Wildman–Crippen LogP) is 4.62. The molecule has 5 nitrogen and oxygen atoms in total. The number of hydrogen-bond donors (Lipinski definition) is 2. The lowest BCUT2D eigenvalue weighted by Crippen LogP contribution is -2.18. The van der Waals surface area contributed by atoms with E-state index in [0.29, 0.717) is 11.4 Å². The molecule has 3 N–H and O–H groups in total. The molecule has 0 aliphatic carbocycles. The number of nitrogens with one attached hydrogen (secondary N) is 1. The van der Waals surface area contributed by atoms with Crippen LogP contribution < -0.4 is 16.5 Å². The van der Waals surface area contributed by atoms with Crippen LogP contribution in [-0.4, -0.2) is 16.1 Å². The minimum Gasteiger partial charge on any atom is -0.385 e. The molecule has 0 spiro atoms. The summed E-state index contributed by atoms with van der Waals surface area (Å²) in [6, 6.07) is 12.7. The molecule has 3 aromatic rings. The van der Waals surface area contributed by atoms with Crippen molar-refractivity contribution in [2.24, 2.45) is 17.8 Å². The van der Waals surface area contributed by atoms with Crippen LogP contribution in [0.15, 0.2) is 78.8 Å². The maximum atomic E-state index is 13.1. The summed E-state index contributed by atoms with van der Waals surface area (Å²) in [7, 11) is 1.91. The van der Waals surface area contributed by atoms with Crippen molar-refractivity contribution >= 4 is 5.70 Å². The van der Waals surface area contributed by atoms with Gasteiger partial charge in [-0.25, -0.2) is 9.38 Å². The molecule has 2 heterocycles. The number of nitrogens with zero attached hydrogens (tertiary/aromatic N) is 3. The van der Waals surface area contributed by atoms with Gasteiger partial charge in [-0.2, -0.15) is 0 Å². The number of hydrogen-bond acceptors (Lipinski definition) is 4. The van der Waals surface area contributed by atoms with Crippen molar-refractivity contribution in [2.45, 2.75) is 26.2 Å². The highest BCUT2D eigenvalue weighted by molar-refractivity contribution is 5.71. The Hall–Kier alpha value is -3.67. The van der Waals surface area contributed by atoms with Crippen molar-refractivity contribution in [1.82, 2.24) is 14.9 Å². The number of aryl methyl sites for hydroxylation is 2. The van der Waals surface area contributed by atoms with Crippen LogP contribution in [0.25, 0.3) is 16.8 Å². The number of benzene rings is 1. The summed E-state index contributed by atoms with van der Waals surface area (Å²) in [6.07, 6.45) is 4.68. The number of halogens is 1. The summed E-state index contributed by atoms with van der Waals surface area (Å²) in [6.45, 7) is 12.7. The van der Waals surface area contributed by atoms with Gasteiger partial charge in [0.25, 0.3) is 0 Å². The van der Waals surface area contributed by atoms with Crippen LogP contribution in [0.2, 0.25) is 0 Å². The third-order valence-corrected chi connectivity index (χ3v) is 5.48. The zero-order chi connectivity index (χ0) is 23.3. The van der Waals surface area contributed by atoms with Crippen molar-refractivity contribution in [1.29, 1.82) is 0 Å². The lowest BCUT2D eigenvalue weighted by atomic mass is 9.97. The standard InChI is InChI=1S/C26H30FN5/c1-17(21-6-8-24(27)9-7-21)10-12-29-18(2)25-14-23(16-30-19(25)3)22-11-13-32(5)26(15-22)31-20(4)28/h6-9,11,13-17,29H,2,4,10,12,28H2,1,3,5H3. The zero-order valence-corrected chi connectivity index (χ0v) is 18.9. The minimum absolute atomic E-state index is 0.212. The van der Waals surface area contributed by atoms with Gasteiger partial charge in [0.15, 0.2) is 0 Å².